The molecular weight excluding hydrogens is 302 g/mol. The molecule has 0 aromatic heterocycles. The zero-order valence-corrected chi connectivity index (χ0v) is 14.7. The van der Waals surface area contributed by atoms with Crippen LogP contribution in [0.1, 0.15) is 44.7 Å². The molecule has 3 rings (SSSR count). The number of nitrogens with one attached hydrogen (secondary N) is 1. The molecule has 2 fully saturated rings. The molecule has 5 heteroatoms. The number of anilines is 1. The van der Waals surface area contributed by atoms with Crippen molar-refractivity contribution in [2.75, 3.05) is 31.1 Å². The van der Waals surface area contributed by atoms with E-state index >= 15 is 0 Å². The lowest BCUT2D eigenvalue weighted by Crippen LogP contribution is -2.36. The van der Waals surface area contributed by atoms with Crippen LogP contribution in [-0.4, -0.2) is 54.2 Å². The monoisotopic (exact) mass is 331 g/mol. The molecule has 1 aromatic rings. The first-order valence-electron chi connectivity index (χ1n) is 9.07. The summed E-state index contributed by atoms with van der Waals surface area (Å²) in [6, 6.07) is 9.40. The van der Waals surface area contributed by atoms with Gasteiger partial charge in [0.2, 0.25) is 5.91 Å². The number of benzene rings is 1. The van der Waals surface area contributed by atoms with E-state index in [9.17, 15) is 9.90 Å². The minimum atomic E-state index is -0.134. The molecule has 0 spiro atoms. The van der Waals surface area contributed by atoms with E-state index in [0.29, 0.717) is 6.04 Å². The summed E-state index contributed by atoms with van der Waals surface area (Å²) in [5.41, 5.74) is 2.51. The summed E-state index contributed by atoms with van der Waals surface area (Å²) in [6.45, 7) is 7.36. The van der Waals surface area contributed by atoms with Gasteiger partial charge in [-0.2, -0.15) is 0 Å². The van der Waals surface area contributed by atoms with Crippen LogP contribution in [0.3, 0.4) is 0 Å². The van der Waals surface area contributed by atoms with Gasteiger partial charge in [-0.05, 0) is 43.9 Å². The normalized spacial score (nSPS) is 23.5. The molecule has 1 aromatic carbocycles. The molecule has 1 amide bonds. The van der Waals surface area contributed by atoms with Gasteiger partial charge in [0.05, 0.1) is 6.10 Å². The summed E-state index contributed by atoms with van der Waals surface area (Å²) >= 11 is 0. The van der Waals surface area contributed by atoms with Gasteiger partial charge in [-0.15, -0.1) is 0 Å². The third-order valence-corrected chi connectivity index (χ3v) is 5.34. The summed E-state index contributed by atoms with van der Waals surface area (Å²) in [5, 5.41) is 13.3. The topological polar surface area (TPSA) is 55.8 Å². The maximum atomic E-state index is 11.4. The Labute approximate surface area is 144 Å². The minimum Gasteiger partial charge on any atom is -0.393 e. The van der Waals surface area contributed by atoms with Crippen LogP contribution in [0.15, 0.2) is 24.3 Å². The molecule has 2 saturated heterocycles. The van der Waals surface area contributed by atoms with Crippen LogP contribution in [0.25, 0.3) is 0 Å². The molecule has 2 heterocycles. The summed E-state index contributed by atoms with van der Waals surface area (Å²) in [6.07, 6.45) is 2.60. The van der Waals surface area contributed by atoms with Crippen molar-refractivity contribution in [1.82, 2.24) is 10.2 Å². The number of carbonyl (C=O) groups excluding carboxylic acids is 1. The third-order valence-electron chi connectivity index (χ3n) is 5.34. The number of nitrogens with zero attached hydrogens (tertiary/aromatic N) is 2. The van der Waals surface area contributed by atoms with Gasteiger partial charge in [-0.25, -0.2) is 0 Å². The molecule has 0 radical (unpaired) electrons. The molecule has 24 heavy (non-hydrogen) atoms. The van der Waals surface area contributed by atoms with E-state index in [0.717, 1.165) is 45.4 Å². The van der Waals surface area contributed by atoms with Crippen molar-refractivity contribution in [1.29, 1.82) is 0 Å². The highest BCUT2D eigenvalue weighted by molar-refractivity contribution is 5.73. The standard InChI is InChI=1S/C19H29N3O2/c1-14(20-17-7-10-22(13-17)15(2)23)16-3-5-18(6-4-16)21-11-8-19(24)9-12-21/h3-6,14,17,19-20,24H,7-13H2,1-2H3. The third kappa shape index (κ3) is 4.08. The number of amides is 1. The number of piperidine rings is 1. The first kappa shape index (κ1) is 17.2. The van der Waals surface area contributed by atoms with E-state index in [-0.39, 0.29) is 18.1 Å². The Morgan fingerprint density at radius 1 is 1.17 bits per heavy atom. The van der Waals surface area contributed by atoms with Crippen molar-refractivity contribution in [3.05, 3.63) is 29.8 Å². The molecule has 5 nitrogen and oxygen atoms in total. The highest BCUT2D eigenvalue weighted by Crippen LogP contribution is 2.23. The number of aliphatic hydroxyl groups is 1. The molecule has 2 unspecified atom stereocenters. The Morgan fingerprint density at radius 3 is 2.42 bits per heavy atom. The van der Waals surface area contributed by atoms with Gasteiger partial charge in [0.25, 0.3) is 0 Å². The number of rotatable bonds is 4. The largest absolute Gasteiger partial charge is 0.393 e. The van der Waals surface area contributed by atoms with Gasteiger partial charge in [0, 0.05) is 50.9 Å². The summed E-state index contributed by atoms with van der Waals surface area (Å²) < 4.78 is 0. The van der Waals surface area contributed by atoms with Gasteiger partial charge in [-0.3, -0.25) is 4.79 Å². The van der Waals surface area contributed by atoms with Crippen molar-refractivity contribution in [2.24, 2.45) is 0 Å². The lowest BCUT2D eigenvalue weighted by molar-refractivity contribution is -0.127. The second-order valence-electron chi connectivity index (χ2n) is 7.15. The second-order valence-corrected chi connectivity index (χ2v) is 7.15. The van der Waals surface area contributed by atoms with E-state index in [1.807, 2.05) is 4.90 Å². The molecule has 132 valence electrons. The second kappa shape index (κ2) is 7.53. The molecule has 2 N–H and O–H groups in total. The van der Waals surface area contributed by atoms with Crippen molar-refractivity contribution >= 4 is 11.6 Å². The first-order valence-corrected chi connectivity index (χ1v) is 9.07. The lowest BCUT2D eigenvalue weighted by atomic mass is 10.0. The zero-order valence-electron chi connectivity index (χ0n) is 14.7. The van der Waals surface area contributed by atoms with E-state index < -0.39 is 0 Å². The Balaban J connectivity index is 1.54. The van der Waals surface area contributed by atoms with Gasteiger partial charge >= 0.3 is 0 Å². The number of likely N-dealkylation sites (tertiary alicyclic amines) is 1. The quantitative estimate of drug-likeness (QED) is 0.885. The Morgan fingerprint density at radius 2 is 1.83 bits per heavy atom. The Hall–Kier alpha value is -1.59. The van der Waals surface area contributed by atoms with Gasteiger partial charge in [0.15, 0.2) is 0 Å². The molecular formula is C19H29N3O2. The molecule has 2 aliphatic rings. The first-order chi connectivity index (χ1) is 11.5. The lowest BCUT2D eigenvalue weighted by Gasteiger charge is -2.31. The predicted molar refractivity (Wildman–Crippen MR) is 96.1 cm³/mol. The van der Waals surface area contributed by atoms with Gasteiger partial charge < -0.3 is 20.2 Å². The predicted octanol–water partition coefficient (Wildman–Crippen LogP) is 1.92. The number of hydrogen-bond donors (Lipinski definition) is 2. The fraction of sp³-hybridized carbons (Fsp3) is 0.632. The van der Waals surface area contributed by atoms with Crippen LogP contribution in [0.4, 0.5) is 5.69 Å². The van der Waals surface area contributed by atoms with Gasteiger partial charge in [0.1, 0.15) is 0 Å². The maximum Gasteiger partial charge on any atom is 0.219 e. The average molecular weight is 331 g/mol. The van der Waals surface area contributed by atoms with Crippen LogP contribution < -0.4 is 10.2 Å². The molecule has 0 aliphatic carbocycles. The van der Waals surface area contributed by atoms with Crippen molar-refractivity contribution < 1.29 is 9.90 Å². The molecule has 0 saturated carbocycles. The molecule has 0 bridgehead atoms. The molecule has 2 aliphatic heterocycles. The summed E-state index contributed by atoms with van der Waals surface area (Å²) in [7, 11) is 0. The van der Waals surface area contributed by atoms with Crippen LogP contribution in [0.2, 0.25) is 0 Å². The van der Waals surface area contributed by atoms with Crippen LogP contribution >= 0.6 is 0 Å². The molecule has 2 atom stereocenters. The number of aliphatic hydroxyl groups excluding tert-OH is 1. The van der Waals surface area contributed by atoms with Crippen molar-refractivity contribution in [3.8, 4) is 0 Å². The van der Waals surface area contributed by atoms with Crippen molar-refractivity contribution in [2.45, 2.75) is 51.3 Å². The number of hydrogen-bond acceptors (Lipinski definition) is 4. The van der Waals surface area contributed by atoms with Gasteiger partial charge in [-0.1, -0.05) is 12.1 Å². The number of carbonyl (C=O) groups is 1. The Kier molecular flexibility index (Phi) is 5.41. The SMILES string of the molecule is CC(=O)N1CCC(NC(C)c2ccc(N3CCC(O)CC3)cc2)C1. The highest BCUT2D eigenvalue weighted by atomic mass is 16.3. The fourth-order valence-corrected chi connectivity index (χ4v) is 3.73. The zero-order chi connectivity index (χ0) is 17.1. The van der Waals surface area contributed by atoms with Crippen LogP contribution in [0.5, 0.6) is 0 Å². The minimum absolute atomic E-state index is 0.134. The van der Waals surface area contributed by atoms with E-state index in [4.69, 9.17) is 0 Å². The average Bonchev–Trinajstić information content (AvgIpc) is 3.04. The van der Waals surface area contributed by atoms with E-state index in [1.54, 1.807) is 6.92 Å². The van der Waals surface area contributed by atoms with Crippen molar-refractivity contribution in [3.63, 3.8) is 0 Å². The summed E-state index contributed by atoms with van der Waals surface area (Å²) in [4.78, 5) is 15.7. The van der Waals surface area contributed by atoms with Crippen LogP contribution in [0, 0.1) is 0 Å². The highest BCUT2D eigenvalue weighted by Gasteiger charge is 2.25. The van der Waals surface area contributed by atoms with Crippen LogP contribution in [-0.2, 0) is 4.79 Å². The Bertz CT molecular complexity index is 552. The van der Waals surface area contributed by atoms with E-state index in [1.165, 1.54) is 11.3 Å². The fourth-order valence-electron chi connectivity index (χ4n) is 3.73. The maximum absolute atomic E-state index is 11.4. The summed E-state index contributed by atoms with van der Waals surface area (Å²) in [5.74, 6) is 0.169. The smallest absolute Gasteiger partial charge is 0.219 e. The van der Waals surface area contributed by atoms with E-state index in [2.05, 4.69) is 41.4 Å².